The van der Waals surface area contributed by atoms with Crippen molar-refractivity contribution < 1.29 is 23.9 Å². The summed E-state index contributed by atoms with van der Waals surface area (Å²) >= 11 is 0. The molecular weight excluding hydrogens is 552 g/mol. The van der Waals surface area contributed by atoms with Crippen LogP contribution in [0.1, 0.15) is 148 Å². The van der Waals surface area contributed by atoms with E-state index in [1.807, 2.05) is 30.3 Å². The van der Waals surface area contributed by atoms with Gasteiger partial charge in [0.05, 0.1) is 19.1 Å². The maximum Gasteiger partial charge on any atom is 0.305 e. The molecule has 0 saturated carbocycles. The number of rotatable bonds is 29. The van der Waals surface area contributed by atoms with Crippen molar-refractivity contribution in [3.8, 4) is 0 Å². The van der Waals surface area contributed by atoms with Crippen LogP contribution in [0.2, 0.25) is 0 Å². The number of nitrogens with zero attached hydrogens (tertiary/aromatic N) is 1. The molecule has 0 spiro atoms. The monoisotopic (exact) mass is 616 g/mol. The summed E-state index contributed by atoms with van der Waals surface area (Å²) in [4.78, 5) is 39.4. The summed E-state index contributed by atoms with van der Waals surface area (Å²) in [5, 5.41) is 0. The lowest BCUT2D eigenvalue weighted by Crippen LogP contribution is -2.47. The Kier molecular flexibility index (Phi) is 25.3. The van der Waals surface area contributed by atoms with Crippen LogP contribution in [0.5, 0.6) is 0 Å². The van der Waals surface area contributed by atoms with Crippen LogP contribution >= 0.6 is 0 Å². The normalized spacial score (nSPS) is 11.7. The minimum absolute atomic E-state index is 0.104. The number of carbonyl (C=O) groups is 3. The predicted molar refractivity (Wildman–Crippen MR) is 180 cm³/mol. The first-order chi connectivity index (χ1) is 21.5. The van der Waals surface area contributed by atoms with Crippen LogP contribution in [0, 0.1) is 0 Å². The Bertz CT molecular complexity index is 808. The van der Waals surface area contributed by atoms with Gasteiger partial charge >= 0.3 is 11.9 Å². The molecule has 1 atom stereocenters. The molecule has 0 radical (unpaired) electrons. The molecular formula is C37H64N2O5. The summed E-state index contributed by atoms with van der Waals surface area (Å²) in [6.45, 7) is 5.11. The van der Waals surface area contributed by atoms with Crippen molar-refractivity contribution in [2.45, 2.75) is 155 Å². The van der Waals surface area contributed by atoms with Crippen LogP contribution in [-0.2, 0) is 30.3 Å². The second kappa shape index (κ2) is 28.1. The number of unbranched alkanes of at least 4 members (excludes halogenated alkanes) is 16. The molecule has 7 heteroatoms. The van der Waals surface area contributed by atoms with Gasteiger partial charge in [0.15, 0.2) is 0 Å². The van der Waals surface area contributed by atoms with E-state index >= 15 is 0 Å². The summed E-state index contributed by atoms with van der Waals surface area (Å²) in [6, 6.07) is 8.93. The minimum atomic E-state index is -0.729. The Morgan fingerprint density at radius 2 is 1.00 bits per heavy atom. The van der Waals surface area contributed by atoms with Crippen molar-refractivity contribution in [1.29, 1.82) is 0 Å². The van der Waals surface area contributed by atoms with Gasteiger partial charge in [-0.15, -0.1) is 0 Å². The van der Waals surface area contributed by atoms with Gasteiger partial charge in [-0.05, 0) is 24.8 Å². The molecule has 0 aromatic heterocycles. The molecule has 2 N–H and O–H groups in total. The molecule has 252 valence electrons. The molecule has 7 nitrogen and oxygen atoms in total. The summed E-state index contributed by atoms with van der Waals surface area (Å²) in [5.41, 5.74) is 7.27. The predicted octanol–water partition coefficient (Wildman–Crippen LogP) is 8.31. The molecule has 0 aliphatic carbocycles. The summed E-state index contributed by atoms with van der Waals surface area (Å²) in [7, 11) is 0. The van der Waals surface area contributed by atoms with Crippen molar-refractivity contribution >= 4 is 17.8 Å². The summed E-state index contributed by atoms with van der Waals surface area (Å²) in [5.74, 6) is -0.707. The number of esters is 2. The van der Waals surface area contributed by atoms with Gasteiger partial charge in [0.2, 0.25) is 5.91 Å². The van der Waals surface area contributed by atoms with Crippen molar-refractivity contribution in [1.82, 2.24) is 4.90 Å². The zero-order valence-corrected chi connectivity index (χ0v) is 28.2. The highest BCUT2D eigenvalue weighted by Crippen LogP contribution is 2.12. The molecule has 1 unspecified atom stereocenters. The molecule has 1 amide bonds. The Labute approximate surface area is 269 Å². The SMILES string of the molecule is CCCCCCCCCCCC(=O)OCCN(CCOC(=O)CCCCCCCCCCC)C(=O)C(N)Cc1ccccc1. The van der Waals surface area contributed by atoms with Gasteiger partial charge in [0, 0.05) is 12.8 Å². The number of ether oxygens (including phenoxy) is 2. The van der Waals surface area contributed by atoms with Gasteiger partial charge in [-0.1, -0.05) is 147 Å². The van der Waals surface area contributed by atoms with Gasteiger partial charge < -0.3 is 20.1 Å². The molecule has 44 heavy (non-hydrogen) atoms. The highest BCUT2D eigenvalue weighted by Gasteiger charge is 2.22. The Balaban J connectivity index is 2.37. The number of carbonyl (C=O) groups excluding carboxylic acids is 3. The third-order valence-electron chi connectivity index (χ3n) is 8.14. The number of hydrogen-bond acceptors (Lipinski definition) is 6. The van der Waals surface area contributed by atoms with Crippen LogP contribution < -0.4 is 5.73 Å². The van der Waals surface area contributed by atoms with Crippen molar-refractivity contribution in [3.63, 3.8) is 0 Å². The Hall–Kier alpha value is -2.41. The third kappa shape index (κ3) is 22.2. The molecule has 0 aliphatic heterocycles. The van der Waals surface area contributed by atoms with Gasteiger partial charge in [0.25, 0.3) is 0 Å². The van der Waals surface area contributed by atoms with Crippen LogP contribution in [0.3, 0.4) is 0 Å². The molecule has 0 aliphatic rings. The van der Waals surface area contributed by atoms with Crippen molar-refractivity contribution in [2.24, 2.45) is 5.73 Å². The first kappa shape index (κ1) is 39.6. The van der Waals surface area contributed by atoms with Crippen LogP contribution in [-0.4, -0.2) is 55.1 Å². The average molecular weight is 617 g/mol. The van der Waals surface area contributed by atoms with Crippen molar-refractivity contribution in [2.75, 3.05) is 26.3 Å². The molecule has 1 aromatic carbocycles. The number of benzene rings is 1. The van der Waals surface area contributed by atoms with Gasteiger partial charge in [-0.25, -0.2) is 0 Å². The quantitative estimate of drug-likeness (QED) is 0.0718. The highest BCUT2D eigenvalue weighted by atomic mass is 16.5. The standard InChI is InChI=1S/C37H64N2O5/c1-3-5-7-9-11-13-15-17-22-26-35(40)43-30-28-39(37(42)34(38)32-33-24-20-19-21-25-33)29-31-44-36(41)27-23-18-16-14-12-10-8-6-4-2/h19-21,24-25,34H,3-18,22-23,26-32,38H2,1-2H3. The van der Waals surface area contributed by atoms with E-state index in [1.54, 1.807) is 4.90 Å². The lowest BCUT2D eigenvalue weighted by atomic mass is 10.1. The smallest absolute Gasteiger partial charge is 0.305 e. The lowest BCUT2D eigenvalue weighted by molar-refractivity contribution is -0.148. The average Bonchev–Trinajstić information content (AvgIpc) is 3.02. The Morgan fingerprint density at radius 3 is 1.41 bits per heavy atom. The van der Waals surface area contributed by atoms with Gasteiger partial charge in [-0.2, -0.15) is 0 Å². The van der Waals surface area contributed by atoms with Crippen LogP contribution in [0.15, 0.2) is 30.3 Å². The van der Waals surface area contributed by atoms with E-state index in [1.165, 1.54) is 77.0 Å². The molecule has 1 aromatic rings. The largest absolute Gasteiger partial charge is 0.464 e. The zero-order chi connectivity index (χ0) is 32.1. The van der Waals surface area contributed by atoms with Gasteiger partial charge in [0.1, 0.15) is 13.2 Å². The minimum Gasteiger partial charge on any atom is -0.464 e. The van der Waals surface area contributed by atoms with Gasteiger partial charge in [-0.3, -0.25) is 14.4 Å². The molecule has 0 bridgehead atoms. The fourth-order valence-electron chi connectivity index (χ4n) is 5.37. The first-order valence-corrected chi connectivity index (χ1v) is 17.9. The van der Waals surface area contributed by atoms with E-state index < -0.39 is 6.04 Å². The topological polar surface area (TPSA) is 98.9 Å². The molecule has 0 heterocycles. The van der Waals surface area contributed by atoms with E-state index in [-0.39, 0.29) is 44.1 Å². The summed E-state index contributed by atoms with van der Waals surface area (Å²) < 4.78 is 10.9. The third-order valence-corrected chi connectivity index (χ3v) is 8.14. The van der Waals surface area contributed by atoms with Crippen LogP contribution in [0.4, 0.5) is 0 Å². The van der Waals surface area contributed by atoms with E-state index in [0.717, 1.165) is 44.1 Å². The molecule has 0 saturated heterocycles. The van der Waals surface area contributed by atoms with E-state index in [0.29, 0.717) is 19.3 Å². The highest BCUT2D eigenvalue weighted by molar-refractivity contribution is 5.82. The summed E-state index contributed by atoms with van der Waals surface area (Å²) in [6.07, 6.45) is 22.6. The van der Waals surface area contributed by atoms with Crippen LogP contribution in [0.25, 0.3) is 0 Å². The number of nitrogens with two attached hydrogens (primary N) is 1. The number of hydrogen-bond donors (Lipinski definition) is 1. The maximum absolute atomic E-state index is 13.2. The molecule has 1 rings (SSSR count). The fraction of sp³-hybridized carbons (Fsp3) is 0.757. The first-order valence-electron chi connectivity index (χ1n) is 17.9. The van der Waals surface area contributed by atoms with E-state index in [9.17, 15) is 14.4 Å². The molecule has 0 fully saturated rings. The second-order valence-corrected chi connectivity index (χ2v) is 12.2. The van der Waals surface area contributed by atoms with Crippen molar-refractivity contribution in [3.05, 3.63) is 35.9 Å². The fourth-order valence-corrected chi connectivity index (χ4v) is 5.37. The second-order valence-electron chi connectivity index (χ2n) is 12.2. The van der Waals surface area contributed by atoms with E-state index in [4.69, 9.17) is 15.2 Å². The number of amides is 1. The maximum atomic E-state index is 13.2. The zero-order valence-electron chi connectivity index (χ0n) is 28.2. The lowest BCUT2D eigenvalue weighted by Gasteiger charge is -2.25. The Morgan fingerprint density at radius 1 is 0.614 bits per heavy atom. The van der Waals surface area contributed by atoms with E-state index in [2.05, 4.69) is 13.8 Å².